The molecule has 2 N–H and O–H groups in total. The van der Waals surface area contributed by atoms with E-state index in [4.69, 9.17) is 0 Å². The Morgan fingerprint density at radius 3 is 2.37 bits per heavy atom. The van der Waals surface area contributed by atoms with Gasteiger partial charge in [-0.25, -0.2) is 13.8 Å². The third kappa shape index (κ3) is 3.57. The van der Waals surface area contributed by atoms with E-state index in [0.717, 1.165) is 21.9 Å². The van der Waals surface area contributed by atoms with Crippen molar-refractivity contribution in [2.75, 3.05) is 5.32 Å². The van der Waals surface area contributed by atoms with Gasteiger partial charge in [-0.1, -0.05) is 12.1 Å². The van der Waals surface area contributed by atoms with Gasteiger partial charge in [0.15, 0.2) is 0 Å². The molecule has 0 aliphatic heterocycles. The molecule has 0 atom stereocenters. The van der Waals surface area contributed by atoms with Crippen molar-refractivity contribution in [3.05, 3.63) is 91.5 Å². The predicted molar refractivity (Wildman–Crippen MR) is 101 cm³/mol. The first-order valence-corrected chi connectivity index (χ1v) is 8.28. The second-order valence-corrected chi connectivity index (χ2v) is 6.33. The molecule has 0 saturated heterocycles. The summed E-state index contributed by atoms with van der Waals surface area (Å²) >= 11 is 0. The van der Waals surface area contributed by atoms with Gasteiger partial charge in [0.25, 0.3) is 11.5 Å². The number of nitrogens with zero attached hydrogens (tertiary/aromatic N) is 1. The molecule has 0 saturated carbocycles. The lowest BCUT2D eigenvalue weighted by atomic mass is 10.1. The number of benzene rings is 2. The van der Waals surface area contributed by atoms with Crippen molar-refractivity contribution in [1.29, 1.82) is 0 Å². The molecule has 1 aromatic heterocycles. The lowest BCUT2D eigenvalue weighted by Crippen LogP contribution is -2.38. The van der Waals surface area contributed by atoms with Crippen LogP contribution in [0.5, 0.6) is 0 Å². The Kier molecular flexibility index (Phi) is 4.77. The maximum Gasteiger partial charge on any atom is 0.333 e. The average molecular weight is 367 g/mol. The molecule has 6 nitrogen and oxygen atoms in total. The largest absolute Gasteiger partial charge is 0.333 e. The Labute approximate surface area is 154 Å². The van der Waals surface area contributed by atoms with E-state index in [-0.39, 0.29) is 11.3 Å². The Morgan fingerprint density at radius 2 is 1.70 bits per heavy atom. The fourth-order valence-corrected chi connectivity index (χ4v) is 2.60. The van der Waals surface area contributed by atoms with E-state index in [0.29, 0.717) is 11.3 Å². The number of hydrogen-bond donors (Lipinski definition) is 2. The summed E-state index contributed by atoms with van der Waals surface area (Å²) in [6.07, 6.45) is 1.06. The number of rotatable bonds is 3. The van der Waals surface area contributed by atoms with Crippen LogP contribution < -0.4 is 16.6 Å². The van der Waals surface area contributed by atoms with Gasteiger partial charge in [-0.3, -0.25) is 9.59 Å². The molecule has 0 radical (unpaired) electrons. The molecule has 0 unspecified atom stereocenters. The number of aromatic amines is 1. The van der Waals surface area contributed by atoms with Crippen molar-refractivity contribution in [2.24, 2.45) is 0 Å². The van der Waals surface area contributed by atoms with E-state index in [1.807, 2.05) is 13.8 Å². The van der Waals surface area contributed by atoms with Crippen LogP contribution in [0.4, 0.5) is 10.1 Å². The van der Waals surface area contributed by atoms with E-state index in [1.165, 1.54) is 18.2 Å². The van der Waals surface area contributed by atoms with Gasteiger partial charge in [-0.05, 0) is 61.7 Å². The van der Waals surface area contributed by atoms with Crippen LogP contribution in [-0.2, 0) is 0 Å². The highest BCUT2D eigenvalue weighted by Gasteiger charge is 2.16. The van der Waals surface area contributed by atoms with Gasteiger partial charge in [0.2, 0.25) is 0 Å². The summed E-state index contributed by atoms with van der Waals surface area (Å²) < 4.78 is 14.6. The van der Waals surface area contributed by atoms with Gasteiger partial charge < -0.3 is 10.3 Å². The molecule has 2 aromatic carbocycles. The summed E-state index contributed by atoms with van der Waals surface area (Å²) in [7, 11) is 0. The number of aryl methyl sites for hydroxylation is 3. The van der Waals surface area contributed by atoms with Crippen LogP contribution in [0.15, 0.2) is 52.2 Å². The summed E-state index contributed by atoms with van der Waals surface area (Å²) in [5.41, 5.74) is 1.27. The summed E-state index contributed by atoms with van der Waals surface area (Å²) in [4.78, 5) is 39.8. The highest BCUT2D eigenvalue weighted by molar-refractivity contribution is 6.03. The number of nitrogens with one attached hydrogen (secondary N) is 2. The lowest BCUT2D eigenvalue weighted by Gasteiger charge is -2.10. The average Bonchev–Trinajstić information content (AvgIpc) is 2.61. The molecule has 0 aliphatic rings. The highest BCUT2D eigenvalue weighted by atomic mass is 19.1. The fraction of sp³-hybridized carbons (Fsp3) is 0.150. The number of anilines is 1. The summed E-state index contributed by atoms with van der Waals surface area (Å²) in [5, 5.41) is 2.47. The summed E-state index contributed by atoms with van der Waals surface area (Å²) in [5.74, 6) is -1.21. The Bertz CT molecular complexity index is 1160. The van der Waals surface area contributed by atoms with Gasteiger partial charge in [-0.2, -0.15) is 0 Å². The number of amides is 1. The first-order chi connectivity index (χ1) is 12.8. The predicted octanol–water partition coefficient (Wildman–Crippen LogP) is 2.84. The van der Waals surface area contributed by atoms with Gasteiger partial charge in [0.05, 0.1) is 5.69 Å². The van der Waals surface area contributed by atoms with Crippen molar-refractivity contribution < 1.29 is 9.18 Å². The molecule has 27 heavy (non-hydrogen) atoms. The minimum absolute atomic E-state index is 0.214. The van der Waals surface area contributed by atoms with Crippen molar-refractivity contribution in [1.82, 2.24) is 9.55 Å². The fourth-order valence-electron chi connectivity index (χ4n) is 2.60. The molecule has 7 heteroatoms. The zero-order valence-electron chi connectivity index (χ0n) is 15.1. The smallest absolute Gasteiger partial charge is 0.322 e. The third-order valence-corrected chi connectivity index (χ3v) is 4.40. The van der Waals surface area contributed by atoms with Crippen LogP contribution in [0, 0.1) is 26.6 Å². The van der Waals surface area contributed by atoms with Gasteiger partial charge >= 0.3 is 5.69 Å². The SMILES string of the molecule is Cc1ccc(-n2c(=O)[nH]cc(C(=O)Nc3ccc(C)c(F)c3)c2=O)cc1C. The zero-order chi connectivity index (χ0) is 19.7. The van der Waals surface area contributed by atoms with Crippen molar-refractivity contribution in [3.8, 4) is 5.69 Å². The second kappa shape index (κ2) is 7.03. The summed E-state index contributed by atoms with van der Waals surface area (Å²) in [6.45, 7) is 5.38. The first-order valence-electron chi connectivity index (χ1n) is 8.28. The molecule has 0 bridgehead atoms. The monoisotopic (exact) mass is 367 g/mol. The van der Waals surface area contributed by atoms with Gasteiger partial charge in [-0.15, -0.1) is 0 Å². The number of halogens is 1. The van der Waals surface area contributed by atoms with E-state index in [9.17, 15) is 18.8 Å². The van der Waals surface area contributed by atoms with E-state index in [2.05, 4.69) is 10.3 Å². The second-order valence-electron chi connectivity index (χ2n) is 6.33. The molecular weight excluding hydrogens is 349 g/mol. The van der Waals surface area contributed by atoms with Crippen molar-refractivity contribution >= 4 is 11.6 Å². The minimum Gasteiger partial charge on any atom is -0.322 e. The topological polar surface area (TPSA) is 84.0 Å². The molecule has 138 valence electrons. The standard InChI is InChI=1S/C20H18FN3O3/c1-11-5-7-15(8-13(11)3)24-19(26)16(10-22-20(24)27)18(25)23-14-6-4-12(2)17(21)9-14/h4-10H,1-3H3,(H,22,27)(H,23,25). The van der Waals surface area contributed by atoms with Crippen LogP contribution in [0.3, 0.4) is 0 Å². The number of H-pyrrole nitrogens is 1. The van der Waals surface area contributed by atoms with Gasteiger partial charge in [0.1, 0.15) is 11.4 Å². The van der Waals surface area contributed by atoms with Crippen molar-refractivity contribution in [2.45, 2.75) is 20.8 Å². The molecule has 1 amide bonds. The normalized spacial score (nSPS) is 10.7. The number of carbonyl (C=O) groups is 1. The molecule has 0 fully saturated rings. The number of aromatic nitrogens is 2. The molecule has 0 aliphatic carbocycles. The van der Waals surface area contributed by atoms with Gasteiger partial charge in [0, 0.05) is 11.9 Å². The van der Waals surface area contributed by atoms with Crippen LogP contribution in [0.2, 0.25) is 0 Å². The molecule has 0 spiro atoms. The Hall–Kier alpha value is -3.48. The van der Waals surface area contributed by atoms with E-state index in [1.54, 1.807) is 25.1 Å². The molecule has 1 heterocycles. The maximum absolute atomic E-state index is 13.7. The number of carbonyl (C=O) groups excluding carboxylic acids is 1. The Morgan fingerprint density at radius 1 is 1.00 bits per heavy atom. The zero-order valence-corrected chi connectivity index (χ0v) is 15.1. The minimum atomic E-state index is -0.757. The molecular formula is C20H18FN3O3. The van der Waals surface area contributed by atoms with Crippen molar-refractivity contribution in [3.63, 3.8) is 0 Å². The summed E-state index contributed by atoms with van der Waals surface area (Å²) in [6, 6.07) is 9.34. The molecule has 3 rings (SSSR count). The molecule has 3 aromatic rings. The quantitative estimate of drug-likeness (QED) is 0.747. The number of hydrogen-bond acceptors (Lipinski definition) is 3. The van der Waals surface area contributed by atoms with E-state index < -0.39 is 23.0 Å². The van der Waals surface area contributed by atoms with E-state index >= 15 is 0 Å². The van der Waals surface area contributed by atoms with Crippen LogP contribution in [0.1, 0.15) is 27.0 Å². The van der Waals surface area contributed by atoms with Crippen LogP contribution >= 0.6 is 0 Å². The Balaban J connectivity index is 2.03. The highest BCUT2D eigenvalue weighted by Crippen LogP contribution is 2.14. The maximum atomic E-state index is 13.7. The van der Waals surface area contributed by atoms with Crippen LogP contribution in [0.25, 0.3) is 5.69 Å². The third-order valence-electron chi connectivity index (χ3n) is 4.40. The lowest BCUT2D eigenvalue weighted by molar-refractivity contribution is 0.102. The first kappa shape index (κ1) is 18.3. The van der Waals surface area contributed by atoms with Crippen LogP contribution in [-0.4, -0.2) is 15.5 Å².